The van der Waals surface area contributed by atoms with Crippen molar-refractivity contribution in [3.63, 3.8) is 0 Å². The smallest absolute Gasteiger partial charge is 0.293 e. The van der Waals surface area contributed by atoms with Crippen LogP contribution in [-0.4, -0.2) is 31.2 Å². The number of hydrogen-bond acceptors (Lipinski definition) is 4. The van der Waals surface area contributed by atoms with Crippen molar-refractivity contribution >= 4 is 11.7 Å². The minimum Gasteiger partial charge on any atom is -0.493 e. The minimum atomic E-state index is 0.224. The molecular weight excluding hydrogens is 400 g/mol. The van der Waals surface area contributed by atoms with Crippen molar-refractivity contribution in [3.8, 4) is 11.5 Å². The molecule has 2 heterocycles. The van der Waals surface area contributed by atoms with Gasteiger partial charge in [0.15, 0.2) is 11.5 Å². The molecule has 0 N–H and O–H groups in total. The van der Waals surface area contributed by atoms with Gasteiger partial charge in [-0.15, -0.1) is 0 Å². The molecule has 0 spiro atoms. The molecule has 3 aromatic rings. The topological polar surface area (TPSA) is 43.3 Å². The van der Waals surface area contributed by atoms with Crippen LogP contribution in [0.3, 0.4) is 0 Å². The normalized spacial score (nSPS) is 18.5. The number of hydrogen-bond donors (Lipinski definition) is 0. The lowest BCUT2D eigenvalue weighted by Gasteiger charge is -2.42. The summed E-state index contributed by atoms with van der Waals surface area (Å²) in [6, 6.07) is 23.6. The Morgan fingerprint density at radius 1 is 1.03 bits per heavy atom. The second-order valence-electron chi connectivity index (χ2n) is 8.30. The molecule has 0 radical (unpaired) electrons. The third-order valence-corrected chi connectivity index (χ3v) is 6.15. The predicted octanol–water partition coefficient (Wildman–Crippen LogP) is 5.59. The first-order chi connectivity index (χ1) is 15.7. The van der Waals surface area contributed by atoms with Crippen LogP contribution in [-0.2, 0) is 17.8 Å². The number of aryl methyl sites for hydroxylation is 1. The van der Waals surface area contributed by atoms with Gasteiger partial charge in [0.05, 0.1) is 25.4 Å². The summed E-state index contributed by atoms with van der Waals surface area (Å²) in [6.45, 7) is 4.11. The summed E-state index contributed by atoms with van der Waals surface area (Å²) in [5, 5.41) is 0. The fraction of sp³-hybridized carbons (Fsp3) is 0.296. The van der Waals surface area contributed by atoms with Crippen molar-refractivity contribution in [1.29, 1.82) is 0 Å². The molecular formula is C27H28N2O3. The van der Waals surface area contributed by atoms with Crippen molar-refractivity contribution in [2.24, 2.45) is 4.99 Å². The third kappa shape index (κ3) is 4.15. The van der Waals surface area contributed by atoms with E-state index in [1.165, 1.54) is 16.7 Å². The number of rotatable bonds is 5. The molecule has 1 unspecified atom stereocenters. The predicted molar refractivity (Wildman–Crippen MR) is 126 cm³/mol. The fourth-order valence-corrected chi connectivity index (χ4v) is 4.43. The van der Waals surface area contributed by atoms with E-state index in [0.717, 1.165) is 42.1 Å². The summed E-state index contributed by atoms with van der Waals surface area (Å²) in [5.41, 5.74) is 5.86. The molecule has 5 heteroatoms. The van der Waals surface area contributed by atoms with Crippen molar-refractivity contribution in [1.82, 2.24) is 4.90 Å². The van der Waals surface area contributed by atoms with E-state index >= 15 is 0 Å². The Bertz CT molecular complexity index is 1110. The van der Waals surface area contributed by atoms with Gasteiger partial charge in [-0.05, 0) is 54.3 Å². The molecule has 164 valence electrons. The van der Waals surface area contributed by atoms with Gasteiger partial charge in [0.1, 0.15) is 6.61 Å². The summed E-state index contributed by atoms with van der Waals surface area (Å²) in [7, 11) is 1.70. The van der Waals surface area contributed by atoms with Crippen LogP contribution in [0.4, 0.5) is 5.69 Å². The molecule has 5 rings (SSSR count). The van der Waals surface area contributed by atoms with E-state index in [9.17, 15) is 0 Å². The minimum absolute atomic E-state index is 0.224. The van der Waals surface area contributed by atoms with Crippen LogP contribution in [0.5, 0.6) is 11.5 Å². The maximum atomic E-state index is 6.19. The average molecular weight is 429 g/mol. The average Bonchev–Trinajstić information content (AvgIpc) is 2.84. The lowest BCUT2D eigenvalue weighted by molar-refractivity contribution is 0.118. The summed E-state index contributed by atoms with van der Waals surface area (Å²) in [5.74, 6) is 1.56. The van der Waals surface area contributed by atoms with Gasteiger partial charge in [-0.25, -0.2) is 0 Å². The number of methoxy groups -OCH3 is 1. The van der Waals surface area contributed by atoms with Crippen LogP contribution in [0.1, 0.15) is 34.7 Å². The van der Waals surface area contributed by atoms with Crippen LogP contribution >= 0.6 is 0 Å². The SMILES string of the molecule is COc1cc2c(cc1OCc1ccccc1)C1CCOC(=Nc3ccc(C)cc3)N1CC2. The van der Waals surface area contributed by atoms with Gasteiger partial charge < -0.3 is 19.1 Å². The Morgan fingerprint density at radius 2 is 1.84 bits per heavy atom. The first-order valence-electron chi connectivity index (χ1n) is 11.1. The van der Waals surface area contributed by atoms with E-state index in [0.29, 0.717) is 19.2 Å². The first kappa shape index (κ1) is 20.4. The fourth-order valence-electron chi connectivity index (χ4n) is 4.43. The molecule has 1 saturated heterocycles. The standard InChI is InChI=1S/C27H28N2O3/c1-19-8-10-22(11-9-19)28-27-29-14-12-21-16-25(30-2)26(17-23(21)24(29)13-15-31-27)32-18-20-6-4-3-5-7-20/h3-11,16-17,24H,12-15,18H2,1-2H3. The van der Waals surface area contributed by atoms with Gasteiger partial charge in [0.2, 0.25) is 0 Å². The van der Waals surface area contributed by atoms with E-state index in [4.69, 9.17) is 19.2 Å². The Labute approximate surface area is 189 Å². The van der Waals surface area contributed by atoms with Crippen LogP contribution in [0.2, 0.25) is 0 Å². The highest BCUT2D eigenvalue weighted by Gasteiger charge is 2.35. The van der Waals surface area contributed by atoms with E-state index in [1.807, 2.05) is 30.3 Å². The van der Waals surface area contributed by atoms with Crippen LogP contribution < -0.4 is 9.47 Å². The number of amidine groups is 1. The van der Waals surface area contributed by atoms with E-state index in [-0.39, 0.29) is 6.04 Å². The number of nitrogens with zero attached hydrogens (tertiary/aromatic N) is 2. The Kier molecular flexibility index (Phi) is 5.71. The van der Waals surface area contributed by atoms with Gasteiger partial charge in [0.25, 0.3) is 6.02 Å². The maximum absolute atomic E-state index is 6.19. The first-order valence-corrected chi connectivity index (χ1v) is 11.1. The molecule has 5 nitrogen and oxygen atoms in total. The van der Waals surface area contributed by atoms with Gasteiger partial charge >= 0.3 is 0 Å². The summed E-state index contributed by atoms with van der Waals surface area (Å²) >= 11 is 0. The van der Waals surface area contributed by atoms with Crippen molar-refractivity contribution in [2.75, 3.05) is 20.3 Å². The molecule has 0 saturated carbocycles. The highest BCUT2D eigenvalue weighted by Crippen LogP contribution is 2.41. The summed E-state index contributed by atoms with van der Waals surface area (Å²) < 4.78 is 17.8. The number of benzene rings is 3. The molecule has 32 heavy (non-hydrogen) atoms. The molecule has 1 fully saturated rings. The van der Waals surface area contributed by atoms with Crippen LogP contribution in [0.25, 0.3) is 0 Å². The zero-order valence-corrected chi connectivity index (χ0v) is 18.6. The van der Waals surface area contributed by atoms with E-state index < -0.39 is 0 Å². The summed E-state index contributed by atoms with van der Waals surface area (Å²) in [4.78, 5) is 7.10. The zero-order valence-electron chi connectivity index (χ0n) is 18.6. The molecule has 0 bridgehead atoms. The molecule has 2 aliphatic heterocycles. The highest BCUT2D eigenvalue weighted by atomic mass is 16.5. The number of ether oxygens (including phenoxy) is 3. The van der Waals surface area contributed by atoms with Gasteiger partial charge in [-0.2, -0.15) is 4.99 Å². The van der Waals surface area contributed by atoms with Crippen molar-refractivity contribution < 1.29 is 14.2 Å². The summed E-state index contributed by atoms with van der Waals surface area (Å²) in [6.07, 6.45) is 1.84. The van der Waals surface area contributed by atoms with E-state index in [1.54, 1.807) is 7.11 Å². The maximum Gasteiger partial charge on any atom is 0.293 e. The van der Waals surface area contributed by atoms with Gasteiger partial charge in [0, 0.05) is 13.0 Å². The van der Waals surface area contributed by atoms with Crippen molar-refractivity contribution in [2.45, 2.75) is 32.4 Å². The lowest BCUT2D eigenvalue weighted by Crippen LogP contribution is -2.45. The van der Waals surface area contributed by atoms with Crippen LogP contribution in [0, 0.1) is 6.92 Å². The van der Waals surface area contributed by atoms with Gasteiger partial charge in [-0.1, -0.05) is 48.0 Å². The Hall–Kier alpha value is -3.47. The number of fused-ring (bicyclic) bond motifs is 3. The lowest BCUT2D eigenvalue weighted by atomic mass is 9.90. The zero-order chi connectivity index (χ0) is 21.9. The molecule has 1 atom stereocenters. The molecule has 0 aromatic heterocycles. The Morgan fingerprint density at radius 3 is 2.62 bits per heavy atom. The highest BCUT2D eigenvalue weighted by molar-refractivity contribution is 5.79. The second-order valence-corrected chi connectivity index (χ2v) is 8.30. The van der Waals surface area contributed by atoms with Crippen molar-refractivity contribution in [3.05, 3.63) is 89.0 Å². The van der Waals surface area contributed by atoms with Gasteiger partial charge in [-0.3, -0.25) is 0 Å². The number of aliphatic imine (C=N–C) groups is 1. The quantitative estimate of drug-likeness (QED) is 0.531. The molecule has 0 aliphatic carbocycles. The molecule has 2 aliphatic rings. The monoisotopic (exact) mass is 428 g/mol. The second kappa shape index (κ2) is 8.95. The Balaban J connectivity index is 1.43. The largest absolute Gasteiger partial charge is 0.493 e. The van der Waals surface area contributed by atoms with Crippen LogP contribution in [0.15, 0.2) is 71.7 Å². The molecule has 3 aromatic carbocycles. The van der Waals surface area contributed by atoms with E-state index in [2.05, 4.69) is 48.2 Å². The third-order valence-electron chi connectivity index (χ3n) is 6.15. The molecule has 0 amide bonds.